The van der Waals surface area contributed by atoms with Gasteiger partial charge in [-0.15, -0.1) is 10.2 Å². The second-order valence-corrected chi connectivity index (χ2v) is 8.03. The predicted molar refractivity (Wildman–Crippen MR) is 88.0 cm³/mol. The third-order valence-corrected chi connectivity index (χ3v) is 6.07. The number of nitrogens with zero attached hydrogens (tertiary/aromatic N) is 4. The summed E-state index contributed by atoms with van der Waals surface area (Å²) in [6, 6.07) is 0. The molecule has 2 aromatic rings. The number of aromatic nitrogens is 3. The van der Waals surface area contributed by atoms with Crippen LogP contribution in [0.1, 0.15) is 47.6 Å². The summed E-state index contributed by atoms with van der Waals surface area (Å²) in [5.74, 6) is 3.55. The number of likely N-dealkylation sites (tertiary alicyclic amines) is 1. The van der Waals surface area contributed by atoms with Crippen LogP contribution in [0.2, 0.25) is 0 Å². The summed E-state index contributed by atoms with van der Waals surface area (Å²) < 4.78 is 17.1. The molecule has 1 saturated carbocycles. The van der Waals surface area contributed by atoms with Crippen LogP contribution in [0.15, 0.2) is 8.94 Å². The summed E-state index contributed by atoms with van der Waals surface area (Å²) in [5, 5.41) is 12.6. The van der Waals surface area contributed by atoms with Crippen LogP contribution in [0.4, 0.5) is 0 Å². The smallest absolute Gasteiger partial charge is 0.219 e. The molecule has 1 aliphatic carbocycles. The van der Waals surface area contributed by atoms with E-state index in [9.17, 15) is 0 Å². The Morgan fingerprint density at radius 3 is 2.88 bits per heavy atom. The summed E-state index contributed by atoms with van der Waals surface area (Å²) in [6.07, 6.45) is 3.18. The number of fused-ring (bicyclic) bond motifs is 1. The van der Waals surface area contributed by atoms with Crippen molar-refractivity contribution >= 4 is 0 Å². The van der Waals surface area contributed by atoms with Crippen LogP contribution in [0.5, 0.6) is 0 Å². The first-order valence-electron chi connectivity index (χ1n) is 9.17. The monoisotopic (exact) mass is 344 g/mol. The van der Waals surface area contributed by atoms with Crippen molar-refractivity contribution in [2.75, 3.05) is 26.3 Å². The third-order valence-electron chi connectivity index (χ3n) is 6.07. The first kappa shape index (κ1) is 15.5. The highest BCUT2D eigenvalue weighted by molar-refractivity contribution is 5.21. The Balaban J connectivity index is 1.33. The van der Waals surface area contributed by atoms with Gasteiger partial charge >= 0.3 is 0 Å². The van der Waals surface area contributed by atoms with E-state index in [2.05, 4.69) is 20.3 Å². The van der Waals surface area contributed by atoms with Gasteiger partial charge in [0.15, 0.2) is 0 Å². The lowest BCUT2D eigenvalue weighted by atomic mass is 9.78. The first-order valence-corrected chi connectivity index (χ1v) is 9.17. The summed E-state index contributed by atoms with van der Waals surface area (Å²) in [5.41, 5.74) is 2.29. The van der Waals surface area contributed by atoms with Crippen LogP contribution in [-0.4, -0.2) is 46.6 Å². The van der Waals surface area contributed by atoms with Crippen molar-refractivity contribution < 1.29 is 13.7 Å². The molecule has 7 nitrogen and oxygen atoms in total. The Labute approximate surface area is 146 Å². The molecule has 3 aliphatic rings. The zero-order valence-corrected chi connectivity index (χ0v) is 14.8. The first-order chi connectivity index (χ1) is 12.1. The van der Waals surface area contributed by atoms with Gasteiger partial charge in [0, 0.05) is 48.9 Å². The van der Waals surface area contributed by atoms with Crippen molar-refractivity contribution in [3.63, 3.8) is 0 Å². The van der Waals surface area contributed by atoms with Crippen molar-refractivity contribution in [2.24, 2.45) is 11.3 Å². The molecular weight excluding hydrogens is 320 g/mol. The van der Waals surface area contributed by atoms with Crippen molar-refractivity contribution in [3.8, 4) is 0 Å². The molecule has 0 spiro atoms. The molecule has 0 unspecified atom stereocenters. The van der Waals surface area contributed by atoms with Crippen molar-refractivity contribution in [1.82, 2.24) is 20.3 Å². The summed E-state index contributed by atoms with van der Waals surface area (Å²) in [4.78, 5) is 2.50. The second-order valence-electron chi connectivity index (χ2n) is 8.03. The maximum absolute atomic E-state index is 5.93. The largest absolute Gasteiger partial charge is 0.425 e. The Morgan fingerprint density at radius 1 is 1.24 bits per heavy atom. The fourth-order valence-corrected chi connectivity index (χ4v) is 4.40. The summed E-state index contributed by atoms with van der Waals surface area (Å²) in [7, 11) is 0. The van der Waals surface area contributed by atoms with Crippen molar-refractivity contribution in [1.29, 1.82) is 0 Å². The lowest BCUT2D eigenvalue weighted by Gasteiger charge is -2.25. The third kappa shape index (κ3) is 2.69. The van der Waals surface area contributed by atoms with Crippen LogP contribution >= 0.6 is 0 Å². The molecule has 134 valence electrons. The molecule has 7 heteroatoms. The average Bonchev–Trinajstić information content (AvgIpc) is 2.90. The van der Waals surface area contributed by atoms with Gasteiger partial charge in [-0.1, -0.05) is 5.16 Å². The Hall–Kier alpha value is -1.73. The van der Waals surface area contributed by atoms with Crippen molar-refractivity contribution in [3.05, 3.63) is 28.8 Å². The van der Waals surface area contributed by atoms with Gasteiger partial charge < -0.3 is 13.7 Å². The van der Waals surface area contributed by atoms with E-state index < -0.39 is 0 Å². The molecule has 5 rings (SSSR count). The molecule has 4 heterocycles. The lowest BCUT2D eigenvalue weighted by molar-refractivity contribution is 0.122. The molecule has 2 aliphatic heterocycles. The Bertz CT molecular complexity index is 762. The molecule has 3 fully saturated rings. The number of aryl methyl sites for hydroxylation is 2. The van der Waals surface area contributed by atoms with E-state index in [1.165, 1.54) is 18.4 Å². The zero-order valence-electron chi connectivity index (χ0n) is 14.8. The summed E-state index contributed by atoms with van der Waals surface area (Å²) >= 11 is 0. The van der Waals surface area contributed by atoms with Gasteiger partial charge in [0.25, 0.3) is 0 Å². The Morgan fingerprint density at radius 2 is 2.12 bits per heavy atom. The number of hydrogen-bond donors (Lipinski definition) is 0. The number of ether oxygens (including phenoxy) is 1. The molecular formula is C18H24N4O3. The minimum absolute atomic E-state index is 0.0896. The minimum atomic E-state index is 0.0896. The standard InChI is InChI=1S/C18H24N4O3/c1-11-15(12(2)25-21-11)7-22-6-14-8-23-10-18(14,9-22)5-16-19-20-17(24-16)13-3-4-13/h13-14H,3-10H2,1-2H3/t14-,18+/m0/s1. The highest BCUT2D eigenvalue weighted by Gasteiger charge is 2.51. The van der Waals surface area contributed by atoms with Crippen LogP contribution < -0.4 is 0 Å². The lowest BCUT2D eigenvalue weighted by Crippen LogP contribution is -2.33. The average molecular weight is 344 g/mol. The highest BCUT2D eigenvalue weighted by atomic mass is 16.5. The van der Waals surface area contributed by atoms with Gasteiger partial charge in [-0.25, -0.2) is 0 Å². The van der Waals surface area contributed by atoms with E-state index in [-0.39, 0.29) is 5.41 Å². The van der Waals surface area contributed by atoms with Gasteiger partial charge in [-0.05, 0) is 26.7 Å². The van der Waals surface area contributed by atoms with Crippen LogP contribution in [-0.2, 0) is 17.7 Å². The molecule has 0 N–H and O–H groups in total. The maximum atomic E-state index is 5.93. The number of hydrogen-bond acceptors (Lipinski definition) is 7. The molecule has 25 heavy (non-hydrogen) atoms. The number of rotatable bonds is 5. The van der Waals surface area contributed by atoms with E-state index in [4.69, 9.17) is 13.7 Å². The normalized spacial score (nSPS) is 29.4. The van der Waals surface area contributed by atoms with Gasteiger partial charge in [0.1, 0.15) is 5.76 Å². The predicted octanol–water partition coefficient (Wildman–Crippen LogP) is 2.24. The van der Waals surface area contributed by atoms with Crippen molar-refractivity contribution in [2.45, 2.75) is 45.6 Å². The molecule has 2 saturated heterocycles. The highest BCUT2D eigenvalue weighted by Crippen LogP contribution is 2.45. The molecule has 0 amide bonds. The van der Waals surface area contributed by atoms with Gasteiger partial charge in [-0.3, -0.25) is 4.90 Å². The summed E-state index contributed by atoms with van der Waals surface area (Å²) in [6.45, 7) is 8.51. The zero-order chi connectivity index (χ0) is 17.0. The van der Waals surface area contributed by atoms with Crippen LogP contribution in [0.25, 0.3) is 0 Å². The molecule has 0 aromatic carbocycles. The quantitative estimate of drug-likeness (QED) is 0.823. The SMILES string of the molecule is Cc1noc(C)c1CN1C[C@H]2COC[C@@]2(Cc2nnc(C3CC3)o2)C1. The van der Waals surface area contributed by atoms with Crippen LogP contribution in [0, 0.1) is 25.2 Å². The van der Waals surface area contributed by atoms with E-state index in [0.29, 0.717) is 11.8 Å². The van der Waals surface area contributed by atoms with Gasteiger partial charge in [0.05, 0.1) is 18.9 Å². The van der Waals surface area contributed by atoms with E-state index in [0.717, 1.165) is 62.5 Å². The topological polar surface area (TPSA) is 77.4 Å². The second kappa shape index (κ2) is 5.64. The Kier molecular flexibility index (Phi) is 3.50. The minimum Gasteiger partial charge on any atom is -0.425 e. The van der Waals surface area contributed by atoms with E-state index in [1.807, 2.05) is 13.8 Å². The van der Waals surface area contributed by atoms with Gasteiger partial charge in [-0.2, -0.15) is 0 Å². The van der Waals surface area contributed by atoms with E-state index in [1.54, 1.807) is 0 Å². The maximum Gasteiger partial charge on any atom is 0.219 e. The van der Waals surface area contributed by atoms with Crippen LogP contribution in [0.3, 0.4) is 0 Å². The molecule has 0 bridgehead atoms. The molecule has 2 aromatic heterocycles. The fraction of sp³-hybridized carbons (Fsp3) is 0.722. The molecule has 2 atom stereocenters. The fourth-order valence-electron chi connectivity index (χ4n) is 4.40. The van der Waals surface area contributed by atoms with Gasteiger partial charge in [0.2, 0.25) is 11.8 Å². The molecule has 0 radical (unpaired) electrons. The van der Waals surface area contributed by atoms with E-state index >= 15 is 0 Å².